The average molecular weight is 239 g/mol. The summed E-state index contributed by atoms with van der Waals surface area (Å²) in [6, 6.07) is 2.95. The highest BCUT2D eigenvalue weighted by atomic mass is 35.5. The second-order valence-corrected chi connectivity index (χ2v) is 3.62. The van der Waals surface area contributed by atoms with Gasteiger partial charge in [-0.25, -0.2) is 0 Å². The predicted molar refractivity (Wildman–Crippen MR) is 57.8 cm³/mol. The van der Waals surface area contributed by atoms with Crippen LogP contribution in [0.15, 0.2) is 24.8 Å². The van der Waals surface area contributed by atoms with Gasteiger partial charge >= 0.3 is 0 Å². The lowest BCUT2D eigenvalue weighted by molar-refractivity contribution is -0.384. The van der Waals surface area contributed by atoms with E-state index in [0.29, 0.717) is 0 Å². The van der Waals surface area contributed by atoms with Gasteiger partial charge in [0.05, 0.1) is 10.6 Å². The summed E-state index contributed by atoms with van der Waals surface area (Å²) < 4.78 is 1.64. The van der Waals surface area contributed by atoms with E-state index in [-0.39, 0.29) is 10.7 Å². The zero-order chi connectivity index (χ0) is 11.7. The molecule has 2 rings (SSSR count). The Bertz CT molecular complexity index is 539. The van der Waals surface area contributed by atoms with Crippen LogP contribution < -0.4 is 0 Å². The van der Waals surface area contributed by atoms with E-state index >= 15 is 0 Å². The van der Waals surface area contributed by atoms with Crippen molar-refractivity contribution in [3.63, 3.8) is 0 Å². The van der Waals surface area contributed by atoms with Gasteiger partial charge in [0.1, 0.15) is 17.7 Å². The smallest absolute Gasteiger partial charge is 0.288 e. The van der Waals surface area contributed by atoms with Crippen LogP contribution in [0.25, 0.3) is 5.69 Å². The van der Waals surface area contributed by atoms with Crippen molar-refractivity contribution < 1.29 is 4.92 Å². The minimum atomic E-state index is -0.509. The number of hydrogen-bond donors (Lipinski definition) is 0. The van der Waals surface area contributed by atoms with Crippen molar-refractivity contribution >= 4 is 17.3 Å². The van der Waals surface area contributed by atoms with Crippen molar-refractivity contribution in [2.24, 2.45) is 0 Å². The minimum absolute atomic E-state index is 0.0966. The van der Waals surface area contributed by atoms with Gasteiger partial charge in [-0.15, -0.1) is 10.2 Å². The molecule has 0 radical (unpaired) electrons. The van der Waals surface area contributed by atoms with Crippen LogP contribution in [-0.2, 0) is 0 Å². The van der Waals surface area contributed by atoms with Crippen molar-refractivity contribution in [1.82, 2.24) is 14.8 Å². The number of halogens is 1. The number of hydrogen-bond acceptors (Lipinski definition) is 4. The number of nitro benzene ring substituents is 1. The Hall–Kier alpha value is -1.95. The third kappa shape index (κ3) is 1.74. The summed E-state index contributed by atoms with van der Waals surface area (Å²) in [5.41, 5.74) is 1.35. The third-order valence-corrected chi connectivity index (χ3v) is 2.46. The molecule has 0 fully saturated rings. The Morgan fingerprint density at radius 3 is 2.56 bits per heavy atom. The summed E-state index contributed by atoms with van der Waals surface area (Å²) >= 11 is 5.82. The molecule has 0 saturated heterocycles. The predicted octanol–water partition coefficient (Wildman–Crippen LogP) is 2.14. The molecule has 82 valence electrons. The van der Waals surface area contributed by atoms with E-state index in [0.717, 1.165) is 11.3 Å². The number of aromatic nitrogens is 3. The fourth-order valence-electron chi connectivity index (χ4n) is 1.40. The Balaban J connectivity index is 2.59. The molecule has 1 aromatic carbocycles. The van der Waals surface area contributed by atoms with E-state index in [4.69, 9.17) is 11.6 Å². The SMILES string of the molecule is Cc1cc([N+](=O)[O-])c(Cl)cc1-n1cnnc1. The third-order valence-electron chi connectivity index (χ3n) is 2.16. The summed E-state index contributed by atoms with van der Waals surface area (Å²) in [7, 11) is 0. The van der Waals surface area contributed by atoms with E-state index in [1.807, 2.05) is 0 Å². The zero-order valence-electron chi connectivity index (χ0n) is 8.29. The normalized spacial score (nSPS) is 10.4. The summed E-state index contributed by atoms with van der Waals surface area (Å²) in [4.78, 5) is 10.2. The first kappa shape index (κ1) is 10.6. The van der Waals surface area contributed by atoms with E-state index in [2.05, 4.69) is 10.2 Å². The first-order valence-electron chi connectivity index (χ1n) is 4.39. The lowest BCUT2D eigenvalue weighted by Crippen LogP contribution is -1.97. The molecular formula is C9H7ClN4O2. The van der Waals surface area contributed by atoms with Gasteiger partial charge in [-0.2, -0.15) is 0 Å². The van der Waals surface area contributed by atoms with Crippen LogP contribution in [0, 0.1) is 17.0 Å². The fraction of sp³-hybridized carbons (Fsp3) is 0.111. The van der Waals surface area contributed by atoms with E-state index < -0.39 is 4.92 Å². The Morgan fingerprint density at radius 2 is 2.00 bits per heavy atom. The lowest BCUT2D eigenvalue weighted by atomic mass is 10.2. The zero-order valence-corrected chi connectivity index (χ0v) is 9.05. The fourth-order valence-corrected chi connectivity index (χ4v) is 1.63. The number of rotatable bonds is 2. The average Bonchev–Trinajstić information content (AvgIpc) is 2.73. The summed E-state index contributed by atoms with van der Waals surface area (Å²) in [6.07, 6.45) is 3.01. The number of nitrogens with zero attached hydrogens (tertiary/aromatic N) is 4. The molecule has 7 heteroatoms. The molecule has 6 nitrogen and oxygen atoms in total. The minimum Gasteiger partial charge on any atom is -0.288 e. The van der Waals surface area contributed by atoms with Crippen LogP contribution in [-0.4, -0.2) is 19.7 Å². The molecule has 0 unspecified atom stereocenters. The van der Waals surface area contributed by atoms with Crippen molar-refractivity contribution in [2.75, 3.05) is 0 Å². The Labute approximate surface area is 95.6 Å². The van der Waals surface area contributed by atoms with Crippen molar-refractivity contribution in [2.45, 2.75) is 6.92 Å². The maximum Gasteiger partial charge on any atom is 0.288 e. The topological polar surface area (TPSA) is 73.8 Å². The van der Waals surface area contributed by atoms with Crippen LogP contribution in [0.3, 0.4) is 0 Å². The van der Waals surface area contributed by atoms with Gasteiger partial charge in [-0.1, -0.05) is 11.6 Å². The molecule has 0 aliphatic heterocycles. The van der Waals surface area contributed by atoms with Crippen molar-refractivity contribution in [1.29, 1.82) is 0 Å². The largest absolute Gasteiger partial charge is 0.288 e. The molecule has 0 spiro atoms. The van der Waals surface area contributed by atoms with Crippen LogP contribution in [0.2, 0.25) is 5.02 Å². The first-order chi connectivity index (χ1) is 7.59. The van der Waals surface area contributed by atoms with Crippen LogP contribution >= 0.6 is 11.6 Å². The molecule has 0 bridgehead atoms. The highest BCUT2D eigenvalue weighted by molar-refractivity contribution is 6.32. The molecule has 1 aromatic heterocycles. The van der Waals surface area contributed by atoms with E-state index in [9.17, 15) is 10.1 Å². The van der Waals surface area contributed by atoms with Gasteiger partial charge in [0.15, 0.2) is 0 Å². The van der Waals surface area contributed by atoms with E-state index in [1.165, 1.54) is 24.8 Å². The highest BCUT2D eigenvalue weighted by Crippen LogP contribution is 2.29. The molecular weight excluding hydrogens is 232 g/mol. The quantitative estimate of drug-likeness (QED) is 0.593. The van der Waals surface area contributed by atoms with Gasteiger partial charge in [0.2, 0.25) is 0 Å². The Kier molecular flexibility index (Phi) is 2.57. The number of aryl methyl sites for hydroxylation is 1. The van der Waals surface area contributed by atoms with Gasteiger partial charge in [-0.3, -0.25) is 14.7 Å². The molecule has 0 aliphatic rings. The molecule has 16 heavy (non-hydrogen) atoms. The Morgan fingerprint density at radius 1 is 1.38 bits per heavy atom. The summed E-state index contributed by atoms with van der Waals surface area (Å²) in [6.45, 7) is 1.76. The molecule has 0 N–H and O–H groups in total. The molecule has 0 saturated carbocycles. The van der Waals surface area contributed by atoms with Crippen LogP contribution in [0.5, 0.6) is 0 Å². The van der Waals surface area contributed by atoms with Crippen LogP contribution in [0.4, 0.5) is 5.69 Å². The van der Waals surface area contributed by atoms with Gasteiger partial charge in [0, 0.05) is 6.07 Å². The molecule has 2 aromatic rings. The van der Waals surface area contributed by atoms with Gasteiger partial charge in [0.25, 0.3) is 5.69 Å². The monoisotopic (exact) mass is 238 g/mol. The van der Waals surface area contributed by atoms with Crippen molar-refractivity contribution in [3.05, 3.63) is 45.5 Å². The second kappa shape index (κ2) is 3.90. The van der Waals surface area contributed by atoms with Gasteiger partial charge in [-0.05, 0) is 18.6 Å². The van der Waals surface area contributed by atoms with Crippen LogP contribution in [0.1, 0.15) is 5.56 Å². The second-order valence-electron chi connectivity index (χ2n) is 3.22. The molecule has 1 heterocycles. The van der Waals surface area contributed by atoms with Gasteiger partial charge < -0.3 is 0 Å². The van der Waals surface area contributed by atoms with Crippen molar-refractivity contribution in [3.8, 4) is 5.69 Å². The molecule has 0 aliphatic carbocycles. The maximum atomic E-state index is 10.7. The highest BCUT2D eigenvalue weighted by Gasteiger charge is 2.15. The molecule has 0 atom stereocenters. The summed E-state index contributed by atoms with van der Waals surface area (Å²) in [5.74, 6) is 0. The number of benzene rings is 1. The maximum absolute atomic E-state index is 10.7. The molecule has 0 amide bonds. The van der Waals surface area contributed by atoms with E-state index in [1.54, 1.807) is 11.5 Å². The first-order valence-corrected chi connectivity index (χ1v) is 4.77. The standard InChI is InChI=1S/C9H7ClN4O2/c1-6-2-9(14(15)16)7(10)3-8(6)13-4-11-12-5-13/h2-5H,1H3. The lowest BCUT2D eigenvalue weighted by Gasteiger charge is -2.06. The summed E-state index contributed by atoms with van der Waals surface area (Å²) in [5, 5.41) is 18.1. The number of nitro groups is 1.